The molecule has 1 aliphatic rings. The molecule has 3 rings (SSSR count). The molecule has 2 aromatic rings. The number of methoxy groups -OCH3 is 1. The van der Waals surface area contributed by atoms with Crippen LogP contribution >= 0.6 is 0 Å². The molecule has 1 aliphatic heterocycles. The Hall–Kier alpha value is -2.07. The van der Waals surface area contributed by atoms with Crippen LogP contribution in [-0.4, -0.2) is 31.8 Å². The number of nitrogens with zero attached hydrogens (tertiary/aromatic N) is 1. The van der Waals surface area contributed by atoms with Crippen LogP contribution in [-0.2, 0) is 0 Å². The summed E-state index contributed by atoms with van der Waals surface area (Å²) >= 11 is 0. The largest absolute Gasteiger partial charge is 0.488 e. The van der Waals surface area contributed by atoms with Crippen molar-refractivity contribution in [3.05, 3.63) is 54.2 Å². The van der Waals surface area contributed by atoms with Gasteiger partial charge >= 0.3 is 0 Å². The Bertz CT molecular complexity index is 589. The number of benzene rings is 1. The normalized spacial score (nSPS) is 21.3. The van der Waals surface area contributed by atoms with E-state index in [1.165, 1.54) is 5.56 Å². The Morgan fingerprint density at radius 1 is 1.18 bits per heavy atom. The fraction of sp³-hybridized carbons (Fsp3) is 0.389. The maximum absolute atomic E-state index is 5.99. The first-order valence-corrected chi connectivity index (χ1v) is 7.76. The van der Waals surface area contributed by atoms with E-state index in [-0.39, 0.29) is 0 Å². The topological polar surface area (TPSA) is 43.4 Å². The van der Waals surface area contributed by atoms with E-state index in [2.05, 4.69) is 40.6 Å². The molecule has 22 heavy (non-hydrogen) atoms. The summed E-state index contributed by atoms with van der Waals surface area (Å²) in [5.41, 5.74) is 1.40. The van der Waals surface area contributed by atoms with Gasteiger partial charge in [-0.15, -0.1) is 0 Å². The van der Waals surface area contributed by atoms with Crippen molar-refractivity contribution < 1.29 is 9.47 Å². The van der Waals surface area contributed by atoms with Crippen molar-refractivity contribution >= 4 is 0 Å². The molecule has 0 spiro atoms. The van der Waals surface area contributed by atoms with Gasteiger partial charge in [0.25, 0.3) is 5.88 Å². The summed E-state index contributed by atoms with van der Waals surface area (Å²) in [6, 6.07) is 14.5. The van der Waals surface area contributed by atoms with E-state index in [0.717, 1.165) is 19.5 Å². The van der Waals surface area contributed by atoms with Gasteiger partial charge in [-0.05, 0) is 36.6 Å². The summed E-state index contributed by atoms with van der Waals surface area (Å²) in [7, 11) is 1.62. The molecule has 0 saturated carbocycles. The molecule has 4 heteroatoms. The highest BCUT2D eigenvalue weighted by Gasteiger charge is 2.27. The van der Waals surface area contributed by atoms with E-state index >= 15 is 0 Å². The summed E-state index contributed by atoms with van der Waals surface area (Å²) in [5, 5.41) is 3.47. The number of rotatable bonds is 5. The molecule has 1 N–H and O–H groups in total. The highest BCUT2D eigenvalue weighted by molar-refractivity contribution is 5.32. The van der Waals surface area contributed by atoms with Gasteiger partial charge in [0.15, 0.2) is 5.75 Å². The van der Waals surface area contributed by atoms with Crippen molar-refractivity contribution in [2.45, 2.75) is 12.3 Å². The number of nitrogens with one attached hydrogen (secondary N) is 1. The van der Waals surface area contributed by atoms with Crippen LogP contribution in [0.3, 0.4) is 0 Å². The van der Waals surface area contributed by atoms with E-state index in [0.29, 0.717) is 30.1 Å². The maximum atomic E-state index is 5.99. The zero-order chi connectivity index (χ0) is 15.2. The second-order valence-corrected chi connectivity index (χ2v) is 5.59. The van der Waals surface area contributed by atoms with Gasteiger partial charge in [-0.1, -0.05) is 30.3 Å². The summed E-state index contributed by atoms with van der Waals surface area (Å²) < 4.78 is 11.2. The molecular weight excluding hydrogens is 276 g/mol. The number of aromatic nitrogens is 1. The lowest BCUT2D eigenvalue weighted by Crippen LogP contribution is -2.38. The molecule has 2 heterocycles. The first-order chi connectivity index (χ1) is 10.9. The van der Waals surface area contributed by atoms with Gasteiger partial charge in [-0.3, -0.25) is 0 Å². The van der Waals surface area contributed by atoms with Gasteiger partial charge in [-0.25, -0.2) is 4.98 Å². The molecule has 1 aromatic heterocycles. The Morgan fingerprint density at radius 3 is 2.86 bits per heavy atom. The summed E-state index contributed by atoms with van der Waals surface area (Å²) in [4.78, 5) is 4.18. The van der Waals surface area contributed by atoms with Crippen molar-refractivity contribution in [2.75, 3.05) is 26.8 Å². The molecule has 116 valence electrons. The Kier molecular flexibility index (Phi) is 4.91. The van der Waals surface area contributed by atoms with Crippen LogP contribution in [0.5, 0.6) is 11.6 Å². The third kappa shape index (κ3) is 3.39. The third-order valence-electron chi connectivity index (χ3n) is 4.22. The molecule has 0 aliphatic carbocycles. The predicted molar refractivity (Wildman–Crippen MR) is 86.4 cm³/mol. The van der Waals surface area contributed by atoms with E-state index in [4.69, 9.17) is 9.47 Å². The average Bonchev–Trinajstić information content (AvgIpc) is 2.61. The third-order valence-corrected chi connectivity index (χ3v) is 4.22. The second-order valence-electron chi connectivity index (χ2n) is 5.59. The minimum Gasteiger partial charge on any atom is -0.488 e. The molecule has 0 unspecified atom stereocenters. The van der Waals surface area contributed by atoms with Crippen LogP contribution in [0, 0.1) is 5.92 Å². The standard InChI is InChI=1S/C18H22N2O2/c1-21-18-17(8-5-10-20-18)22-13-15-12-19-11-9-16(15)14-6-3-2-4-7-14/h2-8,10,15-16,19H,9,11-13H2,1H3/t15-,16-/m0/s1. The van der Waals surface area contributed by atoms with E-state index in [1.807, 2.05) is 12.1 Å². The van der Waals surface area contributed by atoms with Gasteiger partial charge in [-0.2, -0.15) is 0 Å². The van der Waals surface area contributed by atoms with Crippen LogP contribution in [0.1, 0.15) is 17.9 Å². The highest BCUT2D eigenvalue weighted by atomic mass is 16.5. The molecule has 2 atom stereocenters. The molecule has 0 amide bonds. The minimum absolute atomic E-state index is 0.445. The molecule has 4 nitrogen and oxygen atoms in total. The lowest BCUT2D eigenvalue weighted by molar-refractivity contribution is 0.190. The Morgan fingerprint density at radius 2 is 2.05 bits per heavy atom. The second kappa shape index (κ2) is 7.27. The smallest absolute Gasteiger partial charge is 0.256 e. The number of hydrogen-bond acceptors (Lipinski definition) is 4. The predicted octanol–water partition coefficient (Wildman–Crippen LogP) is 2.86. The maximum Gasteiger partial charge on any atom is 0.256 e. The van der Waals surface area contributed by atoms with Crippen LogP contribution in [0.15, 0.2) is 48.7 Å². The van der Waals surface area contributed by atoms with Crippen LogP contribution in [0.4, 0.5) is 0 Å². The van der Waals surface area contributed by atoms with Gasteiger partial charge < -0.3 is 14.8 Å². The monoisotopic (exact) mass is 298 g/mol. The first-order valence-electron chi connectivity index (χ1n) is 7.76. The number of piperidine rings is 1. The van der Waals surface area contributed by atoms with Crippen molar-refractivity contribution in [3.8, 4) is 11.6 Å². The average molecular weight is 298 g/mol. The molecular formula is C18H22N2O2. The summed E-state index contributed by atoms with van der Waals surface area (Å²) in [6.45, 7) is 2.70. The summed E-state index contributed by atoms with van der Waals surface area (Å²) in [6.07, 6.45) is 2.85. The van der Waals surface area contributed by atoms with E-state index in [9.17, 15) is 0 Å². The van der Waals surface area contributed by atoms with Gasteiger partial charge in [0.05, 0.1) is 13.7 Å². The van der Waals surface area contributed by atoms with Crippen molar-refractivity contribution in [1.82, 2.24) is 10.3 Å². The lowest BCUT2D eigenvalue weighted by Gasteiger charge is -2.32. The van der Waals surface area contributed by atoms with Gasteiger partial charge in [0.2, 0.25) is 0 Å². The number of ether oxygens (including phenoxy) is 2. The van der Waals surface area contributed by atoms with Gasteiger partial charge in [0, 0.05) is 18.7 Å². The summed E-state index contributed by atoms with van der Waals surface area (Å²) in [5.74, 6) is 2.23. The van der Waals surface area contributed by atoms with Crippen LogP contribution < -0.4 is 14.8 Å². The highest BCUT2D eigenvalue weighted by Crippen LogP contribution is 2.31. The minimum atomic E-state index is 0.445. The Balaban J connectivity index is 1.69. The quantitative estimate of drug-likeness (QED) is 0.922. The van der Waals surface area contributed by atoms with Crippen molar-refractivity contribution in [3.63, 3.8) is 0 Å². The fourth-order valence-electron chi connectivity index (χ4n) is 3.07. The SMILES string of the molecule is COc1ncccc1OC[C@@H]1CNCC[C@H]1c1ccccc1. The molecule has 1 saturated heterocycles. The molecule has 1 aromatic carbocycles. The van der Waals surface area contributed by atoms with Crippen molar-refractivity contribution in [2.24, 2.45) is 5.92 Å². The van der Waals surface area contributed by atoms with Crippen LogP contribution in [0.25, 0.3) is 0 Å². The molecule has 0 bridgehead atoms. The number of pyridine rings is 1. The van der Waals surface area contributed by atoms with Gasteiger partial charge in [0.1, 0.15) is 0 Å². The van der Waals surface area contributed by atoms with E-state index < -0.39 is 0 Å². The number of hydrogen-bond donors (Lipinski definition) is 1. The molecule has 0 radical (unpaired) electrons. The first kappa shape index (κ1) is 14.9. The zero-order valence-electron chi connectivity index (χ0n) is 12.9. The fourth-order valence-corrected chi connectivity index (χ4v) is 3.07. The zero-order valence-corrected chi connectivity index (χ0v) is 12.9. The lowest BCUT2D eigenvalue weighted by atomic mass is 9.81. The van der Waals surface area contributed by atoms with E-state index in [1.54, 1.807) is 13.3 Å². The van der Waals surface area contributed by atoms with Crippen LogP contribution in [0.2, 0.25) is 0 Å². The molecule has 1 fully saturated rings. The van der Waals surface area contributed by atoms with Crippen molar-refractivity contribution in [1.29, 1.82) is 0 Å². The Labute approximate surface area is 131 Å².